The summed E-state index contributed by atoms with van der Waals surface area (Å²) < 4.78 is 5.63. The molecule has 106 valence electrons. The Balaban J connectivity index is 2.02. The Labute approximate surface area is 120 Å². The first-order valence-corrected chi connectivity index (χ1v) is 7.01. The first-order chi connectivity index (χ1) is 9.72. The summed E-state index contributed by atoms with van der Waals surface area (Å²) in [6, 6.07) is 8.46. The Morgan fingerprint density at radius 3 is 2.35 bits per heavy atom. The number of hydrogen-bond donors (Lipinski definition) is 1. The molecule has 0 aliphatic heterocycles. The number of benzene rings is 1. The van der Waals surface area contributed by atoms with Crippen LogP contribution >= 0.6 is 0 Å². The first kappa shape index (κ1) is 14.5. The van der Waals surface area contributed by atoms with Crippen molar-refractivity contribution in [2.45, 2.75) is 32.6 Å². The van der Waals surface area contributed by atoms with E-state index in [1.807, 2.05) is 12.1 Å². The van der Waals surface area contributed by atoms with Crippen LogP contribution in [0.15, 0.2) is 36.7 Å². The van der Waals surface area contributed by atoms with Crippen LogP contribution in [0.4, 0.5) is 0 Å². The van der Waals surface area contributed by atoms with Crippen molar-refractivity contribution in [2.24, 2.45) is 5.73 Å². The van der Waals surface area contributed by atoms with Crippen molar-refractivity contribution >= 4 is 0 Å². The highest BCUT2D eigenvalue weighted by Gasteiger charge is 2.04. The third-order valence-corrected chi connectivity index (χ3v) is 3.39. The van der Waals surface area contributed by atoms with Gasteiger partial charge in [-0.1, -0.05) is 26.0 Å². The highest BCUT2D eigenvalue weighted by molar-refractivity contribution is 5.30. The fourth-order valence-electron chi connectivity index (χ4n) is 1.90. The summed E-state index contributed by atoms with van der Waals surface area (Å²) in [5, 5.41) is 0. The molecule has 2 rings (SSSR count). The van der Waals surface area contributed by atoms with E-state index in [9.17, 15) is 0 Å². The summed E-state index contributed by atoms with van der Waals surface area (Å²) in [4.78, 5) is 8.35. The molecule has 0 aliphatic carbocycles. The topological polar surface area (TPSA) is 61.0 Å². The minimum atomic E-state index is 0.363. The minimum Gasteiger partial charge on any atom is -0.424 e. The van der Waals surface area contributed by atoms with Crippen LogP contribution in [0.3, 0.4) is 0 Å². The van der Waals surface area contributed by atoms with Gasteiger partial charge in [0.05, 0.1) is 0 Å². The van der Waals surface area contributed by atoms with Crippen LogP contribution in [-0.4, -0.2) is 16.5 Å². The van der Waals surface area contributed by atoms with Crippen molar-refractivity contribution in [3.05, 3.63) is 47.8 Å². The third kappa shape index (κ3) is 3.78. The fraction of sp³-hybridized carbons (Fsp3) is 0.375. The van der Waals surface area contributed by atoms with E-state index in [1.54, 1.807) is 12.4 Å². The predicted molar refractivity (Wildman–Crippen MR) is 80.0 cm³/mol. The molecule has 4 heteroatoms. The summed E-state index contributed by atoms with van der Waals surface area (Å²) in [7, 11) is 0. The van der Waals surface area contributed by atoms with E-state index < -0.39 is 0 Å². The van der Waals surface area contributed by atoms with E-state index in [1.165, 1.54) is 5.56 Å². The van der Waals surface area contributed by atoms with Crippen molar-refractivity contribution in [3.8, 4) is 11.8 Å². The van der Waals surface area contributed by atoms with Gasteiger partial charge < -0.3 is 10.5 Å². The molecule has 4 nitrogen and oxygen atoms in total. The molecule has 1 unspecified atom stereocenters. The van der Waals surface area contributed by atoms with Gasteiger partial charge in [-0.3, -0.25) is 0 Å². The molecular formula is C16H21N3O. The third-order valence-electron chi connectivity index (χ3n) is 3.39. The maximum absolute atomic E-state index is 5.63. The molecule has 1 atom stereocenters. The van der Waals surface area contributed by atoms with E-state index in [-0.39, 0.29) is 0 Å². The summed E-state index contributed by atoms with van der Waals surface area (Å²) in [6.07, 6.45) is 5.42. The lowest BCUT2D eigenvalue weighted by molar-refractivity contribution is 0.440. The Morgan fingerprint density at radius 2 is 1.80 bits per heavy atom. The molecule has 1 aromatic carbocycles. The standard InChI is InChI=1S/C16H21N3O/c1-3-12(2)14-4-6-15(7-5-14)20-16-18-10-13(8-9-17)11-19-16/h4-7,10-12H,3,8-9,17H2,1-2H3. The number of ether oxygens (including phenoxy) is 1. The zero-order chi connectivity index (χ0) is 14.4. The molecule has 2 aromatic rings. The highest BCUT2D eigenvalue weighted by atomic mass is 16.5. The van der Waals surface area contributed by atoms with Gasteiger partial charge in [-0.25, -0.2) is 9.97 Å². The summed E-state index contributed by atoms with van der Waals surface area (Å²) in [6.45, 7) is 5.00. The molecule has 0 bridgehead atoms. The van der Waals surface area contributed by atoms with Crippen LogP contribution in [-0.2, 0) is 6.42 Å². The quantitative estimate of drug-likeness (QED) is 0.875. The van der Waals surface area contributed by atoms with Gasteiger partial charge in [0.1, 0.15) is 5.75 Å². The van der Waals surface area contributed by atoms with Crippen LogP contribution in [0.1, 0.15) is 37.3 Å². The van der Waals surface area contributed by atoms with Crippen molar-refractivity contribution in [1.82, 2.24) is 9.97 Å². The SMILES string of the molecule is CCC(C)c1ccc(Oc2ncc(CCN)cn2)cc1. The highest BCUT2D eigenvalue weighted by Crippen LogP contribution is 2.23. The average Bonchev–Trinajstić information content (AvgIpc) is 2.49. The second-order valence-electron chi connectivity index (χ2n) is 4.89. The number of rotatable bonds is 6. The van der Waals surface area contributed by atoms with Crippen molar-refractivity contribution in [1.29, 1.82) is 0 Å². The van der Waals surface area contributed by atoms with Gasteiger partial charge in [0.15, 0.2) is 0 Å². The molecule has 2 N–H and O–H groups in total. The predicted octanol–water partition coefficient (Wildman–Crippen LogP) is 3.28. The fourth-order valence-corrected chi connectivity index (χ4v) is 1.90. The Hall–Kier alpha value is -1.94. The molecule has 0 fully saturated rings. The molecule has 20 heavy (non-hydrogen) atoms. The number of nitrogens with zero attached hydrogens (tertiary/aromatic N) is 2. The van der Waals surface area contributed by atoms with Crippen molar-refractivity contribution in [3.63, 3.8) is 0 Å². The van der Waals surface area contributed by atoms with Gasteiger partial charge in [-0.2, -0.15) is 0 Å². The molecule has 0 radical (unpaired) electrons. The molecule has 1 heterocycles. The van der Waals surface area contributed by atoms with Gasteiger partial charge >= 0.3 is 6.01 Å². The molecule has 1 aromatic heterocycles. The largest absolute Gasteiger partial charge is 0.424 e. The zero-order valence-corrected chi connectivity index (χ0v) is 12.0. The summed E-state index contributed by atoms with van der Waals surface area (Å²) in [5.41, 5.74) is 7.82. The lowest BCUT2D eigenvalue weighted by Crippen LogP contribution is -2.03. The molecule has 0 saturated heterocycles. The van der Waals surface area contributed by atoms with Gasteiger partial charge in [0.25, 0.3) is 0 Å². The minimum absolute atomic E-state index is 0.363. The summed E-state index contributed by atoms with van der Waals surface area (Å²) in [5.74, 6) is 1.32. The molecular weight excluding hydrogens is 250 g/mol. The second-order valence-corrected chi connectivity index (χ2v) is 4.89. The van der Waals surface area contributed by atoms with Crippen LogP contribution in [0.5, 0.6) is 11.8 Å². The van der Waals surface area contributed by atoms with Crippen molar-refractivity contribution in [2.75, 3.05) is 6.54 Å². The smallest absolute Gasteiger partial charge is 0.321 e. The Bertz CT molecular complexity index is 522. The average molecular weight is 271 g/mol. The molecule has 0 amide bonds. The number of hydrogen-bond acceptors (Lipinski definition) is 4. The first-order valence-electron chi connectivity index (χ1n) is 7.01. The van der Waals surface area contributed by atoms with E-state index in [2.05, 4.69) is 35.9 Å². The van der Waals surface area contributed by atoms with Gasteiger partial charge in [-0.15, -0.1) is 0 Å². The maximum atomic E-state index is 5.63. The maximum Gasteiger partial charge on any atom is 0.321 e. The second kappa shape index (κ2) is 7.01. The normalized spacial score (nSPS) is 12.2. The summed E-state index contributed by atoms with van der Waals surface area (Å²) >= 11 is 0. The van der Waals surface area contributed by atoms with Gasteiger partial charge in [-0.05, 0) is 48.6 Å². The lowest BCUT2D eigenvalue weighted by atomic mass is 9.99. The lowest BCUT2D eigenvalue weighted by Gasteiger charge is -2.10. The zero-order valence-electron chi connectivity index (χ0n) is 12.0. The number of aromatic nitrogens is 2. The van der Waals surface area contributed by atoms with E-state index in [0.29, 0.717) is 18.5 Å². The molecule has 0 spiro atoms. The Kier molecular flexibility index (Phi) is 5.07. The van der Waals surface area contributed by atoms with Gasteiger partial charge in [0, 0.05) is 12.4 Å². The number of nitrogens with two attached hydrogens (primary N) is 1. The van der Waals surface area contributed by atoms with E-state index in [4.69, 9.17) is 10.5 Å². The van der Waals surface area contributed by atoms with Crippen LogP contribution in [0.25, 0.3) is 0 Å². The van der Waals surface area contributed by atoms with Crippen LogP contribution in [0, 0.1) is 0 Å². The van der Waals surface area contributed by atoms with E-state index >= 15 is 0 Å². The van der Waals surface area contributed by atoms with Gasteiger partial charge in [0.2, 0.25) is 0 Å². The Morgan fingerprint density at radius 1 is 1.15 bits per heavy atom. The van der Waals surface area contributed by atoms with Crippen molar-refractivity contribution < 1.29 is 4.74 Å². The van der Waals surface area contributed by atoms with Crippen LogP contribution in [0.2, 0.25) is 0 Å². The molecule has 0 aliphatic rings. The van der Waals surface area contributed by atoms with Crippen LogP contribution < -0.4 is 10.5 Å². The van der Waals surface area contributed by atoms with E-state index in [0.717, 1.165) is 24.2 Å². The monoisotopic (exact) mass is 271 g/mol. The molecule has 0 saturated carbocycles.